The third kappa shape index (κ3) is 5.86. The summed E-state index contributed by atoms with van der Waals surface area (Å²) in [6, 6.07) is -0.218. The number of methoxy groups -OCH3 is 1. The van der Waals surface area contributed by atoms with Crippen molar-refractivity contribution in [3.63, 3.8) is 0 Å². The molecule has 1 aliphatic rings. The van der Waals surface area contributed by atoms with Gasteiger partial charge in [0.25, 0.3) is 0 Å². The number of nitrogens with one attached hydrogen (secondary N) is 2. The van der Waals surface area contributed by atoms with Crippen molar-refractivity contribution in [2.45, 2.75) is 32.1 Å². The lowest BCUT2D eigenvalue weighted by atomic mass is 10.0. The minimum absolute atomic E-state index is 0.0814. The normalized spacial score (nSPS) is 16.1. The molecule has 0 heterocycles. The minimum atomic E-state index is -0.839. The Bertz CT molecular complexity index is 290. The second kappa shape index (κ2) is 7.20. The zero-order valence-corrected chi connectivity index (χ0v) is 10.8. The van der Waals surface area contributed by atoms with Gasteiger partial charge < -0.3 is 20.5 Å². The molecule has 0 bridgehead atoms. The van der Waals surface area contributed by atoms with E-state index in [4.69, 9.17) is 9.84 Å². The molecular weight excluding hydrogens is 236 g/mol. The van der Waals surface area contributed by atoms with Crippen LogP contribution in [0.2, 0.25) is 0 Å². The van der Waals surface area contributed by atoms with E-state index in [-0.39, 0.29) is 17.9 Å². The highest BCUT2D eigenvalue weighted by Gasteiger charge is 2.42. The molecule has 1 saturated carbocycles. The molecule has 18 heavy (non-hydrogen) atoms. The van der Waals surface area contributed by atoms with Crippen molar-refractivity contribution in [1.82, 2.24) is 10.6 Å². The van der Waals surface area contributed by atoms with Gasteiger partial charge in [0.1, 0.15) is 0 Å². The SMILES string of the molecule is COCCC1(CNC(=O)NCCCC(=O)O)CC1. The number of ether oxygens (including phenoxy) is 1. The van der Waals surface area contributed by atoms with E-state index in [1.165, 1.54) is 0 Å². The van der Waals surface area contributed by atoms with Crippen LogP contribution in [0.3, 0.4) is 0 Å². The number of carboxylic acids is 1. The lowest BCUT2D eigenvalue weighted by Gasteiger charge is -2.15. The summed E-state index contributed by atoms with van der Waals surface area (Å²) in [6.45, 7) is 1.78. The van der Waals surface area contributed by atoms with Gasteiger partial charge in [-0.25, -0.2) is 4.79 Å². The summed E-state index contributed by atoms with van der Waals surface area (Å²) >= 11 is 0. The van der Waals surface area contributed by atoms with E-state index >= 15 is 0 Å². The maximum atomic E-state index is 11.4. The van der Waals surface area contributed by atoms with Crippen LogP contribution in [0.15, 0.2) is 0 Å². The molecule has 6 nitrogen and oxygen atoms in total. The average Bonchev–Trinajstić information content (AvgIpc) is 3.10. The number of carbonyl (C=O) groups excluding carboxylic acids is 1. The van der Waals surface area contributed by atoms with Gasteiger partial charge in [-0.1, -0.05) is 0 Å². The Morgan fingerprint density at radius 2 is 2.06 bits per heavy atom. The predicted molar refractivity (Wildman–Crippen MR) is 66.4 cm³/mol. The van der Waals surface area contributed by atoms with E-state index in [0.29, 0.717) is 19.5 Å². The lowest BCUT2D eigenvalue weighted by molar-refractivity contribution is -0.137. The molecule has 0 radical (unpaired) electrons. The number of amides is 2. The van der Waals surface area contributed by atoms with Crippen molar-refractivity contribution in [3.8, 4) is 0 Å². The van der Waals surface area contributed by atoms with E-state index in [9.17, 15) is 9.59 Å². The van der Waals surface area contributed by atoms with Crippen LogP contribution in [-0.2, 0) is 9.53 Å². The molecular formula is C12H22N2O4. The van der Waals surface area contributed by atoms with Crippen molar-refractivity contribution in [2.24, 2.45) is 5.41 Å². The van der Waals surface area contributed by atoms with Crippen LogP contribution in [0, 0.1) is 5.41 Å². The van der Waals surface area contributed by atoms with Gasteiger partial charge in [0.15, 0.2) is 0 Å². The number of carbonyl (C=O) groups is 2. The molecule has 0 spiro atoms. The Balaban J connectivity index is 2.04. The van der Waals surface area contributed by atoms with E-state index in [1.807, 2.05) is 0 Å². The molecule has 104 valence electrons. The molecule has 1 aliphatic carbocycles. The third-order valence-electron chi connectivity index (χ3n) is 3.27. The van der Waals surface area contributed by atoms with Crippen molar-refractivity contribution >= 4 is 12.0 Å². The van der Waals surface area contributed by atoms with Crippen LogP contribution in [-0.4, -0.2) is 43.9 Å². The highest BCUT2D eigenvalue weighted by molar-refractivity contribution is 5.74. The topological polar surface area (TPSA) is 87.7 Å². The predicted octanol–water partition coefficient (Wildman–Crippen LogP) is 0.967. The summed E-state index contributed by atoms with van der Waals surface area (Å²) in [5.74, 6) is -0.839. The smallest absolute Gasteiger partial charge is 0.314 e. The molecule has 0 aromatic rings. The van der Waals surface area contributed by atoms with Crippen molar-refractivity contribution in [1.29, 1.82) is 0 Å². The van der Waals surface area contributed by atoms with E-state index in [0.717, 1.165) is 25.9 Å². The van der Waals surface area contributed by atoms with Crippen LogP contribution in [0.1, 0.15) is 32.1 Å². The first kappa shape index (κ1) is 14.8. The van der Waals surface area contributed by atoms with Crippen LogP contribution < -0.4 is 10.6 Å². The Kier molecular flexibility index (Phi) is 5.91. The van der Waals surface area contributed by atoms with Gasteiger partial charge in [-0.05, 0) is 31.1 Å². The molecule has 6 heteroatoms. The van der Waals surface area contributed by atoms with E-state index < -0.39 is 5.97 Å². The quantitative estimate of drug-likeness (QED) is 0.538. The summed E-state index contributed by atoms with van der Waals surface area (Å²) in [4.78, 5) is 21.7. The van der Waals surface area contributed by atoms with Gasteiger partial charge in [-0.15, -0.1) is 0 Å². The molecule has 0 saturated heterocycles. The average molecular weight is 258 g/mol. The Morgan fingerprint density at radius 1 is 1.33 bits per heavy atom. The fraction of sp³-hybridized carbons (Fsp3) is 0.833. The van der Waals surface area contributed by atoms with Crippen molar-refractivity contribution in [2.75, 3.05) is 26.8 Å². The minimum Gasteiger partial charge on any atom is -0.481 e. The standard InChI is InChI=1S/C12H22N2O4/c1-18-8-6-12(4-5-12)9-14-11(17)13-7-2-3-10(15)16/h2-9H2,1H3,(H,15,16)(H2,13,14,17). The van der Waals surface area contributed by atoms with E-state index in [2.05, 4.69) is 10.6 Å². The summed E-state index contributed by atoms with van der Waals surface area (Å²) in [5.41, 5.74) is 0.231. The molecule has 0 aliphatic heterocycles. The second-order valence-electron chi connectivity index (χ2n) is 4.85. The molecule has 0 aromatic heterocycles. The lowest BCUT2D eigenvalue weighted by Crippen LogP contribution is -2.39. The number of hydrogen-bond donors (Lipinski definition) is 3. The first-order valence-electron chi connectivity index (χ1n) is 6.30. The van der Waals surface area contributed by atoms with Crippen LogP contribution in [0.5, 0.6) is 0 Å². The highest BCUT2D eigenvalue weighted by atomic mass is 16.5. The maximum Gasteiger partial charge on any atom is 0.314 e. The van der Waals surface area contributed by atoms with Gasteiger partial charge in [-0.3, -0.25) is 4.79 Å². The first-order chi connectivity index (χ1) is 8.58. The van der Waals surface area contributed by atoms with Gasteiger partial charge >= 0.3 is 12.0 Å². The largest absolute Gasteiger partial charge is 0.481 e. The number of aliphatic carboxylic acids is 1. The number of urea groups is 1. The van der Waals surface area contributed by atoms with Gasteiger partial charge in [0, 0.05) is 33.2 Å². The van der Waals surface area contributed by atoms with Crippen LogP contribution in [0.4, 0.5) is 4.79 Å². The van der Waals surface area contributed by atoms with Gasteiger partial charge in [-0.2, -0.15) is 0 Å². The van der Waals surface area contributed by atoms with Crippen molar-refractivity contribution < 1.29 is 19.4 Å². The highest BCUT2D eigenvalue weighted by Crippen LogP contribution is 2.48. The number of carboxylic acid groups (broad SMARTS) is 1. The van der Waals surface area contributed by atoms with Gasteiger partial charge in [0.05, 0.1) is 0 Å². The first-order valence-corrected chi connectivity index (χ1v) is 6.30. The maximum absolute atomic E-state index is 11.4. The fourth-order valence-corrected chi connectivity index (χ4v) is 1.78. The molecule has 1 rings (SSSR count). The summed E-state index contributed by atoms with van der Waals surface area (Å²) < 4.78 is 5.04. The number of hydrogen-bond acceptors (Lipinski definition) is 3. The monoisotopic (exact) mass is 258 g/mol. The third-order valence-corrected chi connectivity index (χ3v) is 3.27. The van der Waals surface area contributed by atoms with Gasteiger partial charge in [0.2, 0.25) is 0 Å². The summed E-state index contributed by atoms with van der Waals surface area (Å²) in [5, 5.41) is 13.9. The van der Waals surface area contributed by atoms with E-state index in [1.54, 1.807) is 7.11 Å². The fourth-order valence-electron chi connectivity index (χ4n) is 1.78. The number of rotatable bonds is 9. The second-order valence-corrected chi connectivity index (χ2v) is 4.85. The van der Waals surface area contributed by atoms with Crippen molar-refractivity contribution in [3.05, 3.63) is 0 Å². The molecule has 0 aromatic carbocycles. The molecule has 0 atom stereocenters. The van der Waals surface area contributed by atoms with Crippen LogP contribution >= 0.6 is 0 Å². The summed E-state index contributed by atoms with van der Waals surface area (Å²) in [7, 11) is 1.68. The zero-order chi connectivity index (χ0) is 13.4. The molecule has 0 unspecified atom stereocenters. The Morgan fingerprint density at radius 3 is 2.61 bits per heavy atom. The Labute approximate surface area is 107 Å². The van der Waals surface area contributed by atoms with Crippen LogP contribution in [0.25, 0.3) is 0 Å². The zero-order valence-electron chi connectivity index (χ0n) is 10.8. The summed E-state index contributed by atoms with van der Waals surface area (Å²) in [6.07, 6.45) is 3.78. The Hall–Kier alpha value is -1.30. The molecule has 3 N–H and O–H groups in total. The molecule has 2 amide bonds. The molecule has 1 fully saturated rings.